The van der Waals surface area contributed by atoms with Crippen LogP contribution in [0.25, 0.3) is 0 Å². The molecule has 0 aliphatic carbocycles. The highest BCUT2D eigenvalue weighted by Crippen LogP contribution is 2.48. The first-order valence-corrected chi connectivity index (χ1v) is 8.20. The first kappa shape index (κ1) is 13.9. The fourth-order valence-electron chi connectivity index (χ4n) is 4.09. The summed E-state index contributed by atoms with van der Waals surface area (Å²) in [5.41, 5.74) is 6.98. The molecule has 3 atom stereocenters. The third-order valence-corrected chi connectivity index (χ3v) is 5.04. The smallest absolute Gasteiger partial charge is 0.227 e. The number of nitrogens with two attached hydrogens (primary N) is 1. The first-order valence-electron chi connectivity index (χ1n) is 8.20. The van der Waals surface area contributed by atoms with E-state index in [-0.39, 0.29) is 0 Å². The van der Waals surface area contributed by atoms with Gasteiger partial charge in [-0.05, 0) is 31.4 Å². The van der Waals surface area contributed by atoms with Gasteiger partial charge in [0.2, 0.25) is 5.89 Å². The quantitative estimate of drug-likeness (QED) is 0.937. The summed E-state index contributed by atoms with van der Waals surface area (Å²) in [5.74, 6) is 1.92. The Hall–Kier alpha value is -1.72. The molecule has 0 saturated carbocycles. The number of hydrogen-bond donors (Lipinski definition) is 1. The molecular weight excluding hydrogens is 276 g/mol. The maximum absolute atomic E-state index is 5.57. The molecule has 0 amide bonds. The molecule has 2 N–H and O–H groups in total. The molecule has 2 fully saturated rings. The Morgan fingerprint density at radius 3 is 2.95 bits per heavy atom. The Labute approximate surface area is 130 Å². The van der Waals surface area contributed by atoms with Gasteiger partial charge >= 0.3 is 0 Å². The molecular formula is C17H22N4O. The number of aromatic nitrogens is 2. The minimum Gasteiger partial charge on any atom is -0.339 e. The fourth-order valence-corrected chi connectivity index (χ4v) is 4.09. The first-order chi connectivity index (χ1) is 10.9. The second-order valence-corrected chi connectivity index (χ2v) is 6.30. The fraction of sp³-hybridized carbons (Fsp3) is 0.529. The van der Waals surface area contributed by atoms with Crippen molar-refractivity contribution in [3.63, 3.8) is 0 Å². The third-order valence-electron chi connectivity index (χ3n) is 5.04. The van der Waals surface area contributed by atoms with Crippen LogP contribution in [0.3, 0.4) is 0 Å². The average molecular weight is 298 g/mol. The summed E-state index contributed by atoms with van der Waals surface area (Å²) in [4.78, 5) is 7.22. The SMILES string of the molecule is NCCc1nc([C@H]2C[C@@H](c3ccccc3)N3CCC[C@H]23)no1. The van der Waals surface area contributed by atoms with E-state index >= 15 is 0 Å². The third kappa shape index (κ3) is 2.34. The molecule has 2 aromatic rings. The van der Waals surface area contributed by atoms with Crippen molar-refractivity contribution in [1.29, 1.82) is 0 Å². The van der Waals surface area contributed by atoms with Gasteiger partial charge in [0.05, 0.1) is 0 Å². The van der Waals surface area contributed by atoms with Crippen LogP contribution in [-0.4, -0.2) is 34.2 Å². The van der Waals surface area contributed by atoms with Crippen molar-refractivity contribution in [2.45, 2.75) is 43.7 Å². The topological polar surface area (TPSA) is 68.2 Å². The van der Waals surface area contributed by atoms with Gasteiger partial charge in [-0.1, -0.05) is 35.5 Å². The van der Waals surface area contributed by atoms with Gasteiger partial charge in [-0.25, -0.2) is 0 Å². The van der Waals surface area contributed by atoms with E-state index in [0.717, 1.165) is 12.2 Å². The van der Waals surface area contributed by atoms with Crippen molar-refractivity contribution in [3.8, 4) is 0 Å². The van der Waals surface area contributed by atoms with E-state index < -0.39 is 0 Å². The number of nitrogens with zero attached hydrogens (tertiary/aromatic N) is 3. The van der Waals surface area contributed by atoms with Crippen molar-refractivity contribution in [2.24, 2.45) is 5.73 Å². The lowest BCUT2D eigenvalue weighted by atomic mass is 9.94. The highest BCUT2D eigenvalue weighted by Gasteiger charge is 2.46. The zero-order valence-corrected chi connectivity index (χ0v) is 12.7. The number of fused-ring (bicyclic) bond motifs is 1. The van der Waals surface area contributed by atoms with Crippen molar-refractivity contribution in [3.05, 3.63) is 47.6 Å². The molecule has 0 bridgehead atoms. The van der Waals surface area contributed by atoms with E-state index in [2.05, 4.69) is 45.4 Å². The van der Waals surface area contributed by atoms with E-state index in [9.17, 15) is 0 Å². The summed E-state index contributed by atoms with van der Waals surface area (Å²) >= 11 is 0. The van der Waals surface area contributed by atoms with E-state index in [1.165, 1.54) is 24.9 Å². The van der Waals surface area contributed by atoms with Crippen LogP contribution >= 0.6 is 0 Å². The van der Waals surface area contributed by atoms with Crippen molar-refractivity contribution in [1.82, 2.24) is 15.0 Å². The van der Waals surface area contributed by atoms with E-state index in [4.69, 9.17) is 10.3 Å². The number of benzene rings is 1. The van der Waals surface area contributed by atoms with Crippen molar-refractivity contribution in [2.75, 3.05) is 13.1 Å². The Morgan fingerprint density at radius 1 is 1.27 bits per heavy atom. The summed E-state index contributed by atoms with van der Waals surface area (Å²) in [6.45, 7) is 1.72. The second kappa shape index (κ2) is 5.82. The van der Waals surface area contributed by atoms with Gasteiger partial charge < -0.3 is 10.3 Å². The number of hydrogen-bond acceptors (Lipinski definition) is 5. The molecule has 3 heterocycles. The van der Waals surface area contributed by atoms with Crippen LogP contribution in [0.15, 0.2) is 34.9 Å². The molecule has 0 spiro atoms. The van der Waals surface area contributed by atoms with Crippen LogP contribution in [0.2, 0.25) is 0 Å². The van der Waals surface area contributed by atoms with E-state index in [0.29, 0.717) is 36.9 Å². The van der Waals surface area contributed by atoms with Crippen LogP contribution in [-0.2, 0) is 6.42 Å². The van der Waals surface area contributed by atoms with Crippen LogP contribution in [0, 0.1) is 0 Å². The Morgan fingerprint density at radius 2 is 2.14 bits per heavy atom. The Bertz CT molecular complexity index is 627. The summed E-state index contributed by atoms with van der Waals surface area (Å²) < 4.78 is 5.35. The van der Waals surface area contributed by atoms with Crippen LogP contribution < -0.4 is 5.73 Å². The Kier molecular flexibility index (Phi) is 3.68. The lowest BCUT2D eigenvalue weighted by Crippen LogP contribution is -2.27. The molecule has 22 heavy (non-hydrogen) atoms. The number of rotatable bonds is 4. The molecule has 0 radical (unpaired) electrons. The lowest BCUT2D eigenvalue weighted by molar-refractivity contribution is 0.243. The van der Waals surface area contributed by atoms with Crippen molar-refractivity contribution < 1.29 is 4.52 Å². The van der Waals surface area contributed by atoms with Gasteiger partial charge in [-0.2, -0.15) is 4.98 Å². The molecule has 0 unspecified atom stereocenters. The van der Waals surface area contributed by atoms with Crippen LogP contribution in [0.5, 0.6) is 0 Å². The minimum atomic E-state index is 0.378. The standard InChI is InChI=1S/C17H22N4O/c18-9-8-16-19-17(20-22-16)13-11-15(12-5-2-1-3-6-12)21-10-4-7-14(13)21/h1-3,5-6,13-15H,4,7-11,18H2/t13-,14+,15-/m0/s1. The Balaban J connectivity index is 1.61. The summed E-state index contributed by atoms with van der Waals surface area (Å²) in [6, 6.07) is 11.8. The molecule has 1 aromatic carbocycles. The van der Waals surface area contributed by atoms with Crippen LogP contribution in [0.4, 0.5) is 0 Å². The zero-order valence-electron chi connectivity index (χ0n) is 12.7. The maximum Gasteiger partial charge on any atom is 0.227 e. The molecule has 5 nitrogen and oxygen atoms in total. The summed E-state index contributed by atoms with van der Waals surface area (Å²) in [6.07, 6.45) is 4.24. The second-order valence-electron chi connectivity index (χ2n) is 6.30. The highest BCUT2D eigenvalue weighted by molar-refractivity contribution is 5.24. The molecule has 5 heteroatoms. The molecule has 1 aromatic heterocycles. The molecule has 116 valence electrons. The van der Waals surface area contributed by atoms with Gasteiger partial charge in [0, 0.05) is 31.0 Å². The minimum absolute atomic E-state index is 0.378. The van der Waals surface area contributed by atoms with E-state index in [1.807, 2.05) is 0 Å². The monoisotopic (exact) mass is 298 g/mol. The lowest BCUT2D eigenvalue weighted by Gasteiger charge is -2.24. The normalized spacial score (nSPS) is 28.1. The molecule has 2 aliphatic rings. The summed E-state index contributed by atoms with van der Waals surface area (Å²) in [7, 11) is 0. The van der Waals surface area contributed by atoms with Gasteiger partial charge in [0.25, 0.3) is 0 Å². The molecule has 4 rings (SSSR count). The summed E-state index contributed by atoms with van der Waals surface area (Å²) in [5, 5.41) is 4.24. The van der Waals surface area contributed by atoms with Gasteiger partial charge in [0.15, 0.2) is 5.82 Å². The maximum atomic E-state index is 5.57. The van der Waals surface area contributed by atoms with Gasteiger partial charge in [0.1, 0.15) is 0 Å². The predicted molar refractivity (Wildman–Crippen MR) is 83.3 cm³/mol. The van der Waals surface area contributed by atoms with Crippen molar-refractivity contribution >= 4 is 0 Å². The molecule has 2 aliphatic heterocycles. The highest BCUT2D eigenvalue weighted by atomic mass is 16.5. The average Bonchev–Trinajstić information content (AvgIpc) is 3.24. The van der Waals surface area contributed by atoms with Gasteiger partial charge in [-0.3, -0.25) is 4.90 Å². The van der Waals surface area contributed by atoms with E-state index in [1.54, 1.807) is 0 Å². The zero-order chi connectivity index (χ0) is 14.9. The molecule has 2 saturated heterocycles. The largest absolute Gasteiger partial charge is 0.339 e. The predicted octanol–water partition coefficient (Wildman–Crippen LogP) is 2.26. The van der Waals surface area contributed by atoms with Crippen LogP contribution in [0.1, 0.15) is 48.5 Å². The van der Waals surface area contributed by atoms with Gasteiger partial charge in [-0.15, -0.1) is 0 Å².